The van der Waals surface area contributed by atoms with E-state index >= 15 is 0 Å². The summed E-state index contributed by atoms with van der Waals surface area (Å²) in [6.45, 7) is 4.38. The minimum absolute atomic E-state index is 0.181. The van der Waals surface area contributed by atoms with Crippen molar-refractivity contribution in [1.29, 1.82) is 0 Å². The number of hydrogen-bond acceptors (Lipinski definition) is 5. The Kier molecular flexibility index (Phi) is 4.85. The number of hydrogen-bond donors (Lipinski definition) is 2. The number of benzene rings is 1. The van der Waals surface area contributed by atoms with Gasteiger partial charge in [0.25, 0.3) is 5.91 Å². The van der Waals surface area contributed by atoms with Gasteiger partial charge < -0.3 is 20.5 Å². The number of nitrogens with two attached hydrogens (primary N) is 1. The molecule has 0 spiro atoms. The second kappa shape index (κ2) is 7.06. The summed E-state index contributed by atoms with van der Waals surface area (Å²) in [5.41, 5.74) is 7.68. The first kappa shape index (κ1) is 17.2. The number of nitrogens with zero attached hydrogens (tertiary/aromatic N) is 2. The molecule has 2 amide bonds. The van der Waals surface area contributed by atoms with Crippen molar-refractivity contribution >= 4 is 11.8 Å². The lowest BCUT2D eigenvalue weighted by Gasteiger charge is -2.23. The predicted octanol–water partition coefficient (Wildman–Crippen LogP) is 1.33. The fraction of sp³-hybridized carbons (Fsp3) is 0.389. The van der Waals surface area contributed by atoms with Gasteiger partial charge in [0.15, 0.2) is 0 Å². The number of aryl methyl sites for hydroxylation is 1. The second-order valence-electron chi connectivity index (χ2n) is 6.19. The van der Waals surface area contributed by atoms with Crippen molar-refractivity contribution in [1.82, 2.24) is 15.4 Å². The van der Waals surface area contributed by atoms with Crippen LogP contribution in [0.15, 0.2) is 34.9 Å². The summed E-state index contributed by atoms with van der Waals surface area (Å²) >= 11 is 0. The molecule has 1 aliphatic rings. The van der Waals surface area contributed by atoms with Crippen LogP contribution in [-0.4, -0.2) is 47.0 Å². The van der Waals surface area contributed by atoms with Crippen molar-refractivity contribution in [3.8, 4) is 11.3 Å². The molecule has 1 saturated heterocycles. The van der Waals surface area contributed by atoms with Crippen LogP contribution in [0, 0.1) is 6.92 Å². The first-order valence-electron chi connectivity index (χ1n) is 8.38. The first-order valence-corrected chi connectivity index (χ1v) is 8.38. The molecule has 3 N–H and O–H groups in total. The van der Waals surface area contributed by atoms with E-state index in [2.05, 4.69) is 10.5 Å². The highest BCUT2D eigenvalue weighted by Gasteiger charge is 2.40. The highest BCUT2D eigenvalue weighted by molar-refractivity contribution is 6.03. The number of carbonyl (C=O) groups is 2. The van der Waals surface area contributed by atoms with Gasteiger partial charge in [0.1, 0.15) is 23.1 Å². The smallest absolute Gasteiger partial charge is 0.260 e. The van der Waals surface area contributed by atoms with Crippen molar-refractivity contribution in [3.05, 3.63) is 41.7 Å². The Morgan fingerprint density at radius 2 is 2.08 bits per heavy atom. The minimum atomic E-state index is -0.569. The van der Waals surface area contributed by atoms with Gasteiger partial charge >= 0.3 is 0 Å². The molecule has 0 saturated carbocycles. The molecule has 0 bridgehead atoms. The van der Waals surface area contributed by atoms with Crippen LogP contribution in [0.25, 0.3) is 11.3 Å². The Morgan fingerprint density at radius 1 is 1.36 bits per heavy atom. The molecule has 132 valence electrons. The number of aromatic nitrogens is 1. The molecule has 0 unspecified atom stereocenters. The number of nitrogens with one attached hydrogen (secondary N) is 1. The van der Waals surface area contributed by atoms with Crippen LogP contribution in [0.3, 0.4) is 0 Å². The first-order chi connectivity index (χ1) is 12.0. The second-order valence-corrected chi connectivity index (χ2v) is 6.19. The predicted molar refractivity (Wildman–Crippen MR) is 92.8 cm³/mol. The Bertz CT molecular complexity index is 772. The Hall–Kier alpha value is -2.67. The van der Waals surface area contributed by atoms with E-state index in [-0.39, 0.29) is 17.9 Å². The zero-order valence-electron chi connectivity index (χ0n) is 14.4. The van der Waals surface area contributed by atoms with Crippen LogP contribution in [-0.2, 0) is 4.79 Å². The summed E-state index contributed by atoms with van der Waals surface area (Å²) in [7, 11) is 0. The summed E-state index contributed by atoms with van der Waals surface area (Å²) in [5, 5.41) is 6.82. The van der Waals surface area contributed by atoms with Gasteiger partial charge in [0.2, 0.25) is 5.91 Å². The maximum atomic E-state index is 13.2. The molecule has 7 nitrogen and oxygen atoms in total. The van der Waals surface area contributed by atoms with Gasteiger partial charge in [-0.1, -0.05) is 35.5 Å². The summed E-state index contributed by atoms with van der Waals surface area (Å²) in [6, 6.07) is 8.57. The molecule has 7 heteroatoms. The molecule has 0 aliphatic carbocycles. The van der Waals surface area contributed by atoms with Crippen LogP contribution >= 0.6 is 0 Å². The van der Waals surface area contributed by atoms with E-state index in [4.69, 9.17) is 10.3 Å². The third-order valence-electron chi connectivity index (χ3n) is 4.37. The number of rotatable bonds is 4. The van der Waals surface area contributed by atoms with Crippen molar-refractivity contribution in [2.45, 2.75) is 32.4 Å². The number of likely N-dealkylation sites (N-methyl/N-ethyl adjacent to an activating group) is 1. The lowest BCUT2D eigenvalue weighted by atomic mass is 10.0. The molecule has 1 aliphatic heterocycles. The standard InChI is InChI=1S/C18H22N4O3/c1-3-20-17(23)14-9-13(19)10-22(14)18(24)15-11(2)25-21-16(15)12-7-5-4-6-8-12/h4-8,13-14H,3,9-10,19H2,1-2H3,(H,20,23)/t13-,14+/m1/s1. The van der Waals surface area contributed by atoms with E-state index in [1.807, 2.05) is 37.3 Å². The molecule has 1 aromatic carbocycles. The van der Waals surface area contributed by atoms with E-state index in [0.29, 0.717) is 36.5 Å². The van der Waals surface area contributed by atoms with Gasteiger partial charge in [0, 0.05) is 24.7 Å². The highest BCUT2D eigenvalue weighted by Crippen LogP contribution is 2.29. The zero-order valence-corrected chi connectivity index (χ0v) is 14.4. The number of carbonyl (C=O) groups excluding carboxylic acids is 2. The summed E-state index contributed by atoms with van der Waals surface area (Å²) in [4.78, 5) is 27.0. The Balaban J connectivity index is 1.95. The van der Waals surface area contributed by atoms with Crippen LogP contribution in [0.1, 0.15) is 29.5 Å². The van der Waals surface area contributed by atoms with Crippen LogP contribution in [0.4, 0.5) is 0 Å². The van der Waals surface area contributed by atoms with Crippen molar-refractivity contribution < 1.29 is 14.1 Å². The van der Waals surface area contributed by atoms with Crippen LogP contribution in [0.2, 0.25) is 0 Å². The molecule has 3 rings (SSSR count). The van der Waals surface area contributed by atoms with Crippen molar-refractivity contribution in [2.75, 3.05) is 13.1 Å². The van der Waals surface area contributed by atoms with E-state index < -0.39 is 6.04 Å². The van der Waals surface area contributed by atoms with E-state index in [1.165, 1.54) is 4.90 Å². The monoisotopic (exact) mass is 342 g/mol. The molecule has 0 radical (unpaired) electrons. The lowest BCUT2D eigenvalue weighted by molar-refractivity contribution is -0.124. The largest absolute Gasteiger partial charge is 0.360 e. The molecular weight excluding hydrogens is 320 g/mol. The third kappa shape index (κ3) is 3.28. The fourth-order valence-electron chi connectivity index (χ4n) is 3.19. The summed E-state index contributed by atoms with van der Waals surface area (Å²) in [5.74, 6) is -0.0278. The van der Waals surface area contributed by atoms with Gasteiger partial charge in [-0.3, -0.25) is 9.59 Å². The van der Waals surface area contributed by atoms with Crippen LogP contribution < -0.4 is 11.1 Å². The van der Waals surface area contributed by atoms with Gasteiger partial charge in [-0.25, -0.2) is 0 Å². The SMILES string of the molecule is CCNC(=O)[C@@H]1C[C@@H](N)CN1C(=O)c1c(-c2ccccc2)noc1C. The van der Waals surface area contributed by atoms with E-state index in [9.17, 15) is 9.59 Å². The maximum Gasteiger partial charge on any atom is 0.260 e. The normalized spacial score (nSPS) is 19.9. The summed E-state index contributed by atoms with van der Waals surface area (Å²) in [6.07, 6.45) is 0.447. The summed E-state index contributed by atoms with van der Waals surface area (Å²) < 4.78 is 5.27. The number of amides is 2. The fourth-order valence-corrected chi connectivity index (χ4v) is 3.19. The molecule has 2 atom stereocenters. The van der Waals surface area contributed by atoms with Gasteiger partial charge in [-0.05, 0) is 20.3 Å². The molecule has 2 heterocycles. The molecule has 2 aromatic rings. The quantitative estimate of drug-likeness (QED) is 0.873. The molecule has 25 heavy (non-hydrogen) atoms. The van der Waals surface area contributed by atoms with E-state index in [0.717, 1.165) is 5.56 Å². The van der Waals surface area contributed by atoms with Crippen molar-refractivity contribution in [3.63, 3.8) is 0 Å². The Morgan fingerprint density at radius 3 is 2.76 bits per heavy atom. The van der Waals surface area contributed by atoms with Gasteiger partial charge in [-0.2, -0.15) is 0 Å². The van der Waals surface area contributed by atoms with Crippen LogP contribution in [0.5, 0.6) is 0 Å². The molecule has 1 fully saturated rings. The Labute approximate surface area is 146 Å². The van der Waals surface area contributed by atoms with E-state index in [1.54, 1.807) is 6.92 Å². The lowest BCUT2D eigenvalue weighted by Crippen LogP contribution is -2.46. The third-order valence-corrected chi connectivity index (χ3v) is 4.37. The topological polar surface area (TPSA) is 101 Å². The molecular formula is C18H22N4O3. The van der Waals surface area contributed by atoms with Crippen molar-refractivity contribution in [2.24, 2.45) is 5.73 Å². The average molecular weight is 342 g/mol. The average Bonchev–Trinajstić information content (AvgIpc) is 3.18. The van der Waals surface area contributed by atoms with Gasteiger partial charge in [-0.15, -0.1) is 0 Å². The minimum Gasteiger partial charge on any atom is -0.360 e. The number of likely N-dealkylation sites (tertiary alicyclic amines) is 1. The molecule has 1 aromatic heterocycles. The maximum absolute atomic E-state index is 13.2. The zero-order chi connectivity index (χ0) is 18.0. The highest BCUT2D eigenvalue weighted by atomic mass is 16.5. The van der Waals surface area contributed by atoms with Gasteiger partial charge in [0.05, 0.1) is 0 Å².